The zero-order chi connectivity index (χ0) is 19.2. The van der Waals surface area contributed by atoms with E-state index in [1.165, 1.54) is 12.1 Å². The van der Waals surface area contributed by atoms with Crippen LogP contribution in [0.2, 0.25) is 0 Å². The van der Waals surface area contributed by atoms with Crippen molar-refractivity contribution in [3.63, 3.8) is 0 Å². The zero-order valence-corrected chi connectivity index (χ0v) is 13.7. The summed E-state index contributed by atoms with van der Waals surface area (Å²) in [5, 5.41) is 23.2. The fraction of sp³-hybridized carbons (Fsp3) is 0.417. The van der Waals surface area contributed by atoms with Crippen LogP contribution in [0.15, 0.2) is 35.1 Å². The number of nitroso groups, excluding NO2 is 2. The standard InChI is InChI=1S/C10H13N3O2.C2H5N5O3/c1-13(12-15)7-3-5-10(14)9-4-2-6-11-8-9;1-4-2(3)6(5-8)7(9)10/h2,4,6,8H,3,5,7H2,1H3;1H3,(H2,3,4). The molecule has 0 saturated heterocycles. The van der Waals surface area contributed by atoms with E-state index in [0.29, 0.717) is 24.9 Å². The lowest BCUT2D eigenvalue weighted by atomic mass is 10.1. The summed E-state index contributed by atoms with van der Waals surface area (Å²) in [4.78, 5) is 44.8. The molecule has 1 rings (SSSR count). The molecule has 0 amide bonds. The van der Waals surface area contributed by atoms with Gasteiger partial charge in [0.05, 0.1) is 10.3 Å². The van der Waals surface area contributed by atoms with Gasteiger partial charge in [-0.2, -0.15) is 0 Å². The minimum atomic E-state index is -1.11. The van der Waals surface area contributed by atoms with Crippen LogP contribution in [-0.2, 0) is 0 Å². The molecule has 2 N–H and O–H groups in total. The molecule has 0 aliphatic rings. The molecule has 25 heavy (non-hydrogen) atoms. The van der Waals surface area contributed by atoms with Gasteiger partial charge in [0.25, 0.3) is 5.96 Å². The van der Waals surface area contributed by atoms with Gasteiger partial charge in [0, 0.05) is 49.9 Å². The van der Waals surface area contributed by atoms with Gasteiger partial charge < -0.3 is 15.4 Å². The van der Waals surface area contributed by atoms with Gasteiger partial charge in [-0.05, 0) is 18.6 Å². The molecule has 13 heteroatoms. The molecule has 0 radical (unpaired) electrons. The van der Waals surface area contributed by atoms with Gasteiger partial charge in [0.15, 0.2) is 5.78 Å². The molecule has 0 saturated carbocycles. The minimum absolute atomic E-state index is 0.0439. The molecule has 0 aliphatic heterocycles. The van der Waals surface area contributed by atoms with Crippen LogP contribution in [0.5, 0.6) is 0 Å². The SMILES string of the molecule is CN(CCCC(=O)c1cccnc1)N=O.CNC(=N)N(N=O)[N+](=O)[O-]. The van der Waals surface area contributed by atoms with E-state index in [1.54, 1.807) is 31.6 Å². The number of aromatic nitrogens is 1. The molecule has 0 bridgehead atoms. The van der Waals surface area contributed by atoms with Crippen molar-refractivity contribution in [1.82, 2.24) is 20.4 Å². The summed E-state index contributed by atoms with van der Waals surface area (Å²) in [7, 11) is 2.85. The number of pyridine rings is 1. The topological polar surface area (TPSA) is 174 Å². The van der Waals surface area contributed by atoms with Crippen molar-refractivity contribution < 1.29 is 9.83 Å². The second kappa shape index (κ2) is 12.0. The number of guanidine groups is 1. The normalized spacial score (nSPS) is 9.04. The van der Waals surface area contributed by atoms with Crippen molar-refractivity contribution in [3.05, 3.63) is 50.0 Å². The fourth-order valence-electron chi connectivity index (χ4n) is 1.43. The average Bonchev–Trinajstić information content (AvgIpc) is 2.62. The van der Waals surface area contributed by atoms with Crippen molar-refractivity contribution >= 4 is 11.7 Å². The Morgan fingerprint density at radius 3 is 2.52 bits per heavy atom. The highest BCUT2D eigenvalue weighted by molar-refractivity contribution is 5.95. The van der Waals surface area contributed by atoms with Crippen molar-refractivity contribution in [2.75, 3.05) is 20.6 Å². The minimum Gasteiger partial charge on any atom is -0.353 e. The van der Waals surface area contributed by atoms with Crippen LogP contribution in [0.4, 0.5) is 0 Å². The highest BCUT2D eigenvalue weighted by Gasteiger charge is 2.20. The van der Waals surface area contributed by atoms with Crippen molar-refractivity contribution in [3.8, 4) is 0 Å². The Morgan fingerprint density at radius 1 is 1.44 bits per heavy atom. The first-order chi connectivity index (χ1) is 11.9. The Bertz CT molecular complexity index is 596. The largest absolute Gasteiger partial charge is 0.353 e. The average molecular weight is 354 g/mol. The van der Waals surface area contributed by atoms with Crippen LogP contribution in [0.3, 0.4) is 0 Å². The highest BCUT2D eigenvalue weighted by Crippen LogP contribution is 2.04. The molecular weight excluding hydrogens is 336 g/mol. The van der Waals surface area contributed by atoms with Gasteiger partial charge in [0.2, 0.25) is 0 Å². The predicted octanol–water partition coefficient (Wildman–Crippen LogP) is 0.973. The van der Waals surface area contributed by atoms with E-state index in [-0.39, 0.29) is 10.9 Å². The number of nitrogens with zero attached hydrogens (tertiary/aromatic N) is 6. The summed E-state index contributed by atoms with van der Waals surface area (Å²) in [6, 6.07) is 3.46. The molecule has 1 aromatic rings. The van der Waals surface area contributed by atoms with E-state index in [9.17, 15) is 24.7 Å². The lowest BCUT2D eigenvalue weighted by Gasteiger charge is -2.06. The number of ketones is 1. The summed E-state index contributed by atoms with van der Waals surface area (Å²) < 4.78 is 0. The Labute approximate surface area is 142 Å². The van der Waals surface area contributed by atoms with Gasteiger partial charge in [-0.1, -0.05) is 0 Å². The number of Topliss-reactive ketones (excluding diaryl/α,β-unsaturated/α-hetero) is 1. The number of carbonyl (C=O) groups excluding carboxylic acids is 1. The molecule has 1 heterocycles. The van der Waals surface area contributed by atoms with Crippen LogP contribution in [0.25, 0.3) is 0 Å². The second-order valence-corrected chi connectivity index (χ2v) is 4.44. The maximum atomic E-state index is 11.5. The first-order valence-corrected chi connectivity index (χ1v) is 6.89. The number of carbonyl (C=O) groups is 1. The Kier molecular flexibility index (Phi) is 10.3. The van der Waals surface area contributed by atoms with E-state index in [4.69, 9.17) is 5.41 Å². The summed E-state index contributed by atoms with van der Waals surface area (Å²) in [6.07, 6.45) is 4.20. The third-order valence-corrected chi connectivity index (χ3v) is 2.68. The third-order valence-electron chi connectivity index (χ3n) is 2.68. The monoisotopic (exact) mass is 354 g/mol. The molecule has 0 fully saturated rings. The molecular formula is C12H18N8O5. The lowest BCUT2D eigenvalue weighted by molar-refractivity contribution is -0.632. The summed E-state index contributed by atoms with van der Waals surface area (Å²) in [5.41, 5.74) is 0.610. The number of nitrogens with one attached hydrogen (secondary N) is 2. The van der Waals surface area contributed by atoms with Gasteiger partial charge in [-0.25, -0.2) is 0 Å². The van der Waals surface area contributed by atoms with Gasteiger partial charge in [-0.3, -0.25) is 20.2 Å². The van der Waals surface area contributed by atoms with Crippen LogP contribution in [-0.4, -0.2) is 52.5 Å². The number of hydrazine groups is 1. The van der Waals surface area contributed by atoms with Gasteiger partial charge in [-0.15, -0.1) is 4.91 Å². The smallest absolute Gasteiger partial charge is 0.318 e. The second-order valence-electron chi connectivity index (χ2n) is 4.44. The molecule has 0 aromatic carbocycles. The highest BCUT2D eigenvalue weighted by atomic mass is 16.7. The molecule has 0 spiro atoms. The molecule has 136 valence electrons. The van der Waals surface area contributed by atoms with E-state index in [1.807, 2.05) is 5.29 Å². The number of hydrogen-bond donors (Lipinski definition) is 2. The fourth-order valence-corrected chi connectivity index (χ4v) is 1.43. The number of hydrogen-bond acceptors (Lipinski definition) is 9. The molecule has 0 aliphatic carbocycles. The van der Waals surface area contributed by atoms with Crippen LogP contribution < -0.4 is 5.32 Å². The Balaban J connectivity index is 0.000000504. The van der Waals surface area contributed by atoms with Crippen molar-refractivity contribution in [2.24, 2.45) is 10.6 Å². The van der Waals surface area contributed by atoms with E-state index >= 15 is 0 Å². The first kappa shape index (κ1) is 21.5. The van der Waals surface area contributed by atoms with Crippen LogP contribution in [0, 0.1) is 25.3 Å². The third kappa shape index (κ3) is 8.63. The molecule has 0 atom stereocenters. The predicted molar refractivity (Wildman–Crippen MR) is 87.6 cm³/mol. The Morgan fingerprint density at radius 2 is 2.12 bits per heavy atom. The van der Waals surface area contributed by atoms with Crippen molar-refractivity contribution in [1.29, 1.82) is 5.41 Å². The Hall–Kier alpha value is -3.51. The van der Waals surface area contributed by atoms with E-state index in [2.05, 4.69) is 15.6 Å². The lowest BCUT2D eigenvalue weighted by Crippen LogP contribution is -2.38. The van der Waals surface area contributed by atoms with Crippen LogP contribution in [0.1, 0.15) is 23.2 Å². The summed E-state index contributed by atoms with van der Waals surface area (Å²) in [6.45, 7) is 0.496. The number of nitro groups is 1. The maximum Gasteiger partial charge on any atom is 0.318 e. The zero-order valence-electron chi connectivity index (χ0n) is 13.7. The quantitative estimate of drug-likeness (QED) is 0.172. The maximum absolute atomic E-state index is 11.5. The number of rotatable bonds is 8. The van der Waals surface area contributed by atoms with E-state index < -0.39 is 11.0 Å². The van der Waals surface area contributed by atoms with Crippen LogP contribution >= 0.6 is 0 Å². The molecule has 13 nitrogen and oxygen atoms in total. The van der Waals surface area contributed by atoms with Crippen molar-refractivity contribution in [2.45, 2.75) is 12.8 Å². The van der Waals surface area contributed by atoms with Gasteiger partial charge >= 0.3 is 5.29 Å². The first-order valence-electron chi connectivity index (χ1n) is 6.89. The molecule has 0 unspecified atom stereocenters. The van der Waals surface area contributed by atoms with E-state index in [0.717, 1.165) is 0 Å². The summed E-state index contributed by atoms with van der Waals surface area (Å²) in [5.74, 6) is -0.637. The summed E-state index contributed by atoms with van der Waals surface area (Å²) >= 11 is 0. The molecule has 1 aromatic heterocycles. The van der Waals surface area contributed by atoms with Gasteiger partial charge in [0.1, 0.15) is 5.12 Å².